The van der Waals surface area contributed by atoms with E-state index in [0.29, 0.717) is 29.5 Å². The van der Waals surface area contributed by atoms with Crippen LogP contribution in [-0.2, 0) is 4.74 Å². The van der Waals surface area contributed by atoms with Crippen molar-refractivity contribution < 1.29 is 18.0 Å². The first-order valence-corrected chi connectivity index (χ1v) is 7.97. The Morgan fingerprint density at radius 3 is 2.72 bits per heavy atom. The lowest BCUT2D eigenvalue weighted by molar-refractivity contribution is -0.0821. The third-order valence-electron chi connectivity index (χ3n) is 4.04. The zero-order valence-corrected chi connectivity index (χ0v) is 13.8. The third kappa shape index (κ3) is 3.18. The monoisotopic (exact) mass is 344 g/mol. The summed E-state index contributed by atoms with van der Waals surface area (Å²) in [5.41, 5.74) is 1.10. The van der Waals surface area contributed by atoms with Crippen LogP contribution in [-0.4, -0.2) is 46.3 Å². The number of rotatable bonds is 3. The third-order valence-corrected chi connectivity index (χ3v) is 4.04. The lowest BCUT2D eigenvalue weighted by Crippen LogP contribution is -2.40. The smallest absolute Gasteiger partial charge is 0.270 e. The van der Waals surface area contributed by atoms with E-state index in [9.17, 15) is 4.39 Å². The van der Waals surface area contributed by atoms with Crippen LogP contribution in [0.4, 0.5) is 4.39 Å². The molecule has 3 aromatic rings. The van der Waals surface area contributed by atoms with Crippen LogP contribution in [0.1, 0.15) is 18.9 Å². The average Bonchev–Trinajstić information content (AvgIpc) is 3.24. The van der Waals surface area contributed by atoms with Crippen LogP contribution >= 0.6 is 0 Å². The summed E-state index contributed by atoms with van der Waals surface area (Å²) >= 11 is 0. The molecule has 1 aliphatic rings. The molecule has 0 N–H and O–H groups in total. The molecular formula is C17H17FN4O3. The van der Waals surface area contributed by atoms with Crippen LogP contribution in [0.25, 0.3) is 22.9 Å². The number of likely N-dealkylation sites (N-methyl/N-ethyl adjacent to an activating group) is 1. The fourth-order valence-electron chi connectivity index (χ4n) is 2.96. The second kappa shape index (κ2) is 6.38. The molecule has 2 aromatic heterocycles. The van der Waals surface area contributed by atoms with Crippen molar-refractivity contribution in [3.05, 3.63) is 42.4 Å². The molecule has 1 aliphatic heterocycles. The fourth-order valence-corrected chi connectivity index (χ4v) is 2.96. The first-order chi connectivity index (χ1) is 12.1. The molecule has 0 spiro atoms. The van der Waals surface area contributed by atoms with Gasteiger partial charge in [0.15, 0.2) is 17.8 Å². The molecule has 0 saturated carbocycles. The highest BCUT2D eigenvalue weighted by molar-refractivity contribution is 5.71. The topological polar surface area (TPSA) is 77.4 Å². The predicted molar refractivity (Wildman–Crippen MR) is 86.0 cm³/mol. The van der Waals surface area contributed by atoms with Crippen molar-refractivity contribution in [2.75, 3.05) is 20.1 Å². The van der Waals surface area contributed by atoms with Gasteiger partial charge in [0.05, 0.1) is 6.10 Å². The van der Waals surface area contributed by atoms with E-state index >= 15 is 0 Å². The lowest BCUT2D eigenvalue weighted by atomic mass is 10.1. The predicted octanol–water partition coefficient (Wildman–Crippen LogP) is 2.92. The second-order valence-corrected chi connectivity index (χ2v) is 6.14. The van der Waals surface area contributed by atoms with Gasteiger partial charge < -0.3 is 18.5 Å². The Bertz CT molecular complexity index is 851. The number of nitrogens with zero attached hydrogens (tertiary/aromatic N) is 4. The highest BCUT2D eigenvalue weighted by atomic mass is 19.1. The average molecular weight is 344 g/mol. The summed E-state index contributed by atoms with van der Waals surface area (Å²) in [4.78, 5) is 6.32. The molecule has 1 fully saturated rings. The van der Waals surface area contributed by atoms with Crippen molar-refractivity contribution in [1.82, 2.24) is 20.1 Å². The first-order valence-electron chi connectivity index (χ1n) is 7.97. The number of ether oxygens (including phenoxy) is 1. The SMILES string of the molecule is C[C@@H]1CN(C)C[C@H](c2nnc(-c3ncoc3-c3ccc(F)cc3)o2)O1. The number of halogens is 1. The Morgan fingerprint density at radius 1 is 1.16 bits per heavy atom. The van der Waals surface area contributed by atoms with E-state index in [0.717, 1.165) is 6.54 Å². The largest absolute Gasteiger partial charge is 0.443 e. The molecule has 7 nitrogen and oxygen atoms in total. The van der Waals surface area contributed by atoms with Gasteiger partial charge >= 0.3 is 0 Å². The standard InChI is InChI=1S/C17H17FN4O3/c1-10-7-22(2)8-13(24-10)16-20-21-17(25-16)14-15(23-9-19-14)11-3-5-12(18)6-4-11/h3-6,9-10,13H,7-8H2,1-2H3/t10-,13-/m1/s1. The number of hydrogen-bond donors (Lipinski definition) is 0. The molecule has 3 heterocycles. The highest BCUT2D eigenvalue weighted by Gasteiger charge is 2.29. The van der Waals surface area contributed by atoms with Crippen LogP contribution in [0.3, 0.4) is 0 Å². The fraction of sp³-hybridized carbons (Fsp3) is 0.353. The Kier molecular flexibility index (Phi) is 4.06. The number of morpholine rings is 1. The summed E-state index contributed by atoms with van der Waals surface area (Å²) in [6, 6.07) is 5.93. The van der Waals surface area contributed by atoms with E-state index in [2.05, 4.69) is 20.1 Å². The molecule has 1 aromatic carbocycles. The van der Waals surface area contributed by atoms with Crippen molar-refractivity contribution in [3.8, 4) is 22.9 Å². The quantitative estimate of drug-likeness (QED) is 0.723. The Hall–Kier alpha value is -2.58. The minimum atomic E-state index is -0.322. The molecule has 0 unspecified atom stereocenters. The molecule has 0 radical (unpaired) electrons. The van der Waals surface area contributed by atoms with Gasteiger partial charge in [0.1, 0.15) is 11.9 Å². The van der Waals surface area contributed by atoms with Gasteiger partial charge in [-0.2, -0.15) is 0 Å². The molecule has 1 saturated heterocycles. The van der Waals surface area contributed by atoms with Crippen LogP contribution in [0.5, 0.6) is 0 Å². The molecule has 4 rings (SSSR count). The minimum Gasteiger partial charge on any atom is -0.443 e. The summed E-state index contributed by atoms with van der Waals surface area (Å²) in [7, 11) is 2.02. The van der Waals surface area contributed by atoms with Crippen LogP contribution in [0.15, 0.2) is 39.5 Å². The summed E-state index contributed by atoms with van der Waals surface area (Å²) < 4.78 is 30.2. The number of aromatic nitrogens is 3. The van der Waals surface area contributed by atoms with Crippen LogP contribution in [0.2, 0.25) is 0 Å². The van der Waals surface area contributed by atoms with Crippen LogP contribution < -0.4 is 0 Å². The van der Waals surface area contributed by atoms with Crippen molar-refractivity contribution >= 4 is 0 Å². The van der Waals surface area contributed by atoms with E-state index in [1.165, 1.54) is 18.5 Å². The van der Waals surface area contributed by atoms with E-state index in [-0.39, 0.29) is 23.9 Å². The van der Waals surface area contributed by atoms with Gasteiger partial charge in [-0.1, -0.05) is 0 Å². The zero-order chi connectivity index (χ0) is 17.4. The van der Waals surface area contributed by atoms with Crippen molar-refractivity contribution in [3.63, 3.8) is 0 Å². The van der Waals surface area contributed by atoms with Gasteiger partial charge in [-0.25, -0.2) is 9.37 Å². The molecule has 0 aliphatic carbocycles. The van der Waals surface area contributed by atoms with E-state index in [1.807, 2.05) is 14.0 Å². The number of oxazole rings is 1. The maximum atomic E-state index is 13.1. The zero-order valence-electron chi connectivity index (χ0n) is 13.8. The van der Waals surface area contributed by atoms with Crippen molar-refractivity contribution in [2.24, 2.45) is 0 Å². The van der Waals surface area contributed by atoms with E-state index in [1.54, 1.807) is 12.1 Å². The maximum absolute atomic E-state index is 13.1. The Balaban J connectivity index is 1.63. The van der Waals surface area contributed by atoms with E-state index in [4.69, 9.17) is 13.6 Å². The molecule has 0 bridgehead atoms. The summed E-state index contributed by atoms with van der Waals surface area (Å²) in [5, 5.41) is 8.18. The van der Waals surface area contributed by atoms with Gasteiger partial charge in [-0.15, -0.1) is 10.2 Å². The van der Waals surface area contributed by atoms with Gasteiger partial charge in [-0.3, -0.25) is 0 Å². The first kappa shape index (κ1) is 15.9. The van der Waals surface area contributed by atoms with Gasteiger partial charge in [0, 0.05) is 18.7 Å². The number of benzene rings is 1. The Labute approximate surface area is 143 Å². The molecule has 8 heteroatoms. The highest BCUT2D eigenvalue weighted by Crippen LogP contribution is 2.32. The molecule has 130 valence electrons. The normalized spacial score (nSPS) is 21.6. The van der Waals surface area contributed by atoms with Crippen LogP contribution in [0, 0.1) is 5.82 Å². The van der Waals surface area contributed by atoms with E-state index < -0.39 is 0 Å². The van der Waals surface area contributed by atoms with Crippen molar-refractivity contribution in [1.29, 1.82) is 0 Å². The van der Waals surface area contributed by atoms with Gasteiger partial charge in [-0.05, 0) is 38.2 Å². The van der Waals surface area contributed by atoms with Crippen molar-refractivity contribution in [2.45, 2.75) is 19.1 Å². The molecular weight excluding hydrogens is 327 g/mol. The summed E-state index contributed by atoms with van der Waals surface area (Å²) in [6.45, 7) is 3.54. The molecule has 2 atom stereocenters. The van der Waals surface area contributed by atoms with Gasteiger partial charge in [0.2, 0.25) is 5.89 Å². The lowest BCUT2D eigenvalue weighted by Gasteiger charge is -2.32. The maximum Gasteiger partial charge on any atom is 0.270 e. The molecule has 0 amide bonds. The number of hydrogen-bond acceptors (Lipinski definition) is 7. The second-order valence-electron chi connectivity index (χ2n) is 6.14. The summed E-state index contributed by atoms with van der Waals surface area (Å²) in [5.74, 6) is 0.775. The Morgan fingerprint density at radius 2 is 1.96 bits per heavy atom. The molecule has 25 heavy (non-hydrogen) atoms. The minimum absolute atomic E-state index is 0.0842. The van der Waals surface area contributed by atoms with Gasteiger partial charge in [0.25, 0.3) is 5.89 Å². The summed E-state index contributed by atoms with van der Waals surface area (Å²) in [6.07, 6.45) is 1.10.